The molecular weight excluding hydrogens is 363 g/mol. The van der Waals surface area contributed by atoms with Crippen molar-refractivity contribution in [1.29, 1.82) is 0 Å². The van der Waals surface area contributed by atoms with Gasteiger partial charge < -0.3 is 15.3 Å². The van der Waals surface area contributed by atoms with E-state index in [4.69, 9.17) is 0 Å². The van der Waals surface area contributed by atoms with E-state index in [1.165, 1.54) is 12.2 Å². The normalized spacial score (nSPS) is 50.2. The van der Waals surface area contributed by atoms with Crippen LogP contribution in [0.25, 0.3) is 0 Å². The van der Waals surface area contributed by atoms with Crippen LogP contribution in [0, 0.1) is 34.5 Å². The summed E-state index contributed by atoms with van der Waals surface area (Å²) < 4.78 is 15.1. The first kappa shape index (κ1) is 19.9. The number of hydrogen-bond donors (Lipinski definition) is 3. The van der Waals surface area contributed by atoms with E-state index >= 15 is 4.39 Å². The van der Waals surface area contributed by atoms with Crippen molar-refractivity contribution >= 4 is 11.6 Å². The minimum Gasteiger partial charge on any atom is -0.393 e. The Morgan fingerprint density at radius 2 is 2.04 bits per heavy atom. The van der Waals surface area contributed by atoms with Gasteiger partial charge in [0.2, 0.25) is 0 Å². The van der Waals surface area contributed by atoms with Crippen molar-refractivity contribution < 1.29 is 29.3 Å². The molecule has 4 rings (SSSR count). The molecule has 0 aromatic carbocycles. The summed E-state index contributed by atoms with van der Waals surface area (Å²) in [6, 6.07) is 0. The first-order chi connectivity index (χ1) is 13.0. The maximum Gasteiger partial charge on any atom is 0.190 e. The van der Waals surface area contributed by atoms with E-state index < -0.39 is 46.7 Å². The highest BCUT2D eigenvalue weighted by molar-refractivity contribution is 5.92. The molecule has 0 amide bonds. The number of aliphatic hydroxyl groups is 3. The molecule has 0 aromatic rings. The van der Waals surface area contributed by atoms with Gasteiger partial charge in [-0.3, -0.25) is 9.59 Å². The standard InChI is InChI=1S/C22H29FO5/c1-11-6-14-13-8-16(23)15-7-12(25)4-5-20(15,2)19(13)17(26)9-21(14,3)22(11,28)18(27)10-24/h7-8,11,13-14,17,19,24,26,28H,4-6,9-10H2,1-3H3/t11?,13-,14-,17?,19+,20-,21-,22-/m0/s1. The van der Waals surface area contributed by atoms with Crippen LogP contribution in [0.1, 0.15) is 46.5 Å². The fourth-order valence-electron chi connectivity index (χ4n) is 7.26. The van der Waals surface area contributed by atoms with Crippen molar-refractivity contribution in [3.63, 3.8) is 0 Å². The van der Waals surface area contributed by atoms with E-state index in [1.54, 1.807) is 13.8 Å². The van der Waals surface area contributed by atoms with Crippen LogP contribution in [-0.2, 0) is 9.59 Å². The molecule has 0 radical (unpaired) electrons. The lowest BCUT2D eigenvalue weighted by Gasteiger charge is -2.58. The van der Waals surface area contributed by atoms with E-state index in [1.807, 2.05) is 6.92 Å². The number of ketones is 2. The Morgan fingerprint density at radius 3 is 2.68 bits per heavy atom. The molecule has 28 heavy (non-hydrogen) atoms. The molecule has 2 fully saturated rings. The molecule has 0 aliphatic heterocycles. The number of Topliss-reactive ketones (excluding diaryl/α,β-unsaturated/α-hetero) is 1. The second-order valence-electron chi connectivity index (χ2n) is 9.84. The van der Waals surface area contributed by atoms with Crippen LogP contribution in [0.3, 0.4) is 0 Å². The molecule has 0 bridgehead atoms. The number of fused-ring (bicyclic) bond motifs is 5. The van der Waals surface area contributed by atoms with Gasteiger partial charge in [-0.2, -0.15) is 0 Å². The number of halogens is 1. The molecular formula is C22H29FO5. The monoisotopic (exact) mass is 392 g/mol. The lowest BCUT2D eigenvalue weighted by Crippen LogP contribution is -2.62. The van der Waals surface area contributed by atoms with Gasteiger partial charge in [0.05, 0.1) is 6.10 Å². The van der Waals surface area contributed by atoms with Gasteiger partial charge in [-0.05, 0) is 54.7 Å². The van der Waals surface area contributed by atoms with Crippen LogP contribution in [0.15, 0.2) is 23.6 Å². The van der Waals surface area contributed by atoms with Gasteiger partial charge in [-0.1, -0.05) is 20.8 Å². The van der Waals surface area contributed by atoms with Gasteiger partial charge in [0.25, 0.3) is 0 Å². The maximum absolute atomic E-state index is 15.1. The van der Waals surface area contributed by atoms with Crippen LogP contribution < -0.4 is 0 Å². The Bertz CT molecular complexity index is 803. The lowest BCUT2D eigenvalue weighted by atomic mass is 9.46. The summed E-state index contributed by atoms with van der Waals surface area (Å²) in [5.41, 5.74) is -2.97. The van der Waals surface area contributed by atoms with Crippen LogP contribution in [0.2, 0.25) is 0 Å². The van der Waals surface area contributed by atoms with Crippen LogP contribution in [0.4, 0.5) is 4.39 Å². The number of aliphatic hydroxyl groups excluding tert-OH is 2. The molecule has 0 aromatic heterocycles. The zero-order chi connectivity index (χ0) is 20.6. The molecule has 4 aliphatic rings. The lowest BCUT2D eigenvalue weighted by molar-refractivity contribution is -0.180. The summed E-state index contributed by atoms with van der Waals surface area (Å²) in [6.45, 7) is 4.74. The van der Waals surface area contributed by atoms with Crippen molar-refractivity contribution in [1.82, 2.24) is 0 Å². The Labute approximate surface area is 164 Å². The predicted molar refractivity (Wildman–Crippen MR) is 99.6 cm³/mol. The average molecular weight is 392 g/mol. The Hall–Kier alpha value is -1.37. The highest BCUT2D eigenvalue weighted by Crippen LogP contribution is 2.68. The number of rotatable bonds is 2. The van der Waals surface area contributed by atoms with E-state index in [-0.39, 0.29) is 30.0 Å². The summed E-state index contributed by atoms with van der Waals surface area (Å²) in [5.74, 6) is -2.37. The van der Waals surface area contributed by atoms with Crippen molar-refractivity contribution in [2.24, 2.45) is 34.5 Å². The van der Waals surface area contributed by atoms with Gasteiger partial charge in [-0.15, -0.1) is 0 Å². The highest BCUT2D eigenvalue weighted by Gasteiger charge is 2.70. The second-order valence-corrected chi connectivity index (χ2v) is 9.84. The summed E-state index contributed by atoms with van der Waals surface area (Å²) in [5, 5.41) is 32.1. The van der Waals surface area contributed by atoms with Gasteiger partial charge in [0.1, 0.15) is 18.0 Å². The topological polar surface area (TPSA) is 94.8 Å². The number of hydrogen-bond acceptors (Lipinski definition) is 5. The molecule has 0 heterocycles. The van der Waals surface area contributed by atoms with Gasteiger partial charge in [0, 0.05) is 23.2 Å². The first-order valence-electron chi connectivity index (χ1n) is 10.2. The SMILES string of the molecule is CC1C[C@H]2[C@@H]3C=C(F)C4=CC(=O)CC[C@]4(C)[C@H]3C(O)C[C@]2(C)[C@@]1(O)C(=O)CO. The van der Waals surface area contributed by atoms with Gasteiger partial charge in [0.15, 0.2) is 11.6 Å². The van der Waals surface area contributed by atoms with E-state index in [2.05, 4.69) is 0 Å². The van der Waals surface area contributed by atoms with Crippen LogP contribution in [-0.4, -0.2) is 45.2 Å². The van der Waals surface area contributed by atoms with Crippen molar-refractivity contribution in [2.45, 2.75) is 58.2 Å². The van der Waals surface area contributed by atoms with Crippen molar-refractivity contribution in [2.75, 3.05) is 6.61 Å². The average Bonchev–Trinajstić information content (AvgIpc) is 2.83. The van der Waals surface area contributed by atoms with E-state index in [0.717, 1.165) is 0 Å². The van der Waals surface area contributed by atoms with Crippen molar-refractivity contribution in [3.8, 4) is 0 Å². The fraction of sp³-hybridized carbons (Fsp3) is 0.727. The van der Waals surface area contributed by atoms with E-state index in [0.29, 0.717) is 24.8 Å². The van der Waals surface area contributed by atoms with Gasteiger partial charge >= 0.3 is 0 Å². The molecule has 0 spiro atoms. The molecule has 5 nitrogen and oxygen atoms in total. The van der Waals surface area contributed by atoms with Crippen LogP contribution >= 0.6 is 0 Å². The highest BCUT2D eigenvalue weighted by atomic mass is 19.1. The summed E-state index contributed by atoms with van der Waals surface area (Å²) in [6.07, 6.45) is 3.58. The van der Waals surface area contributed by atoms with E-state index in [9.17, 15) is 24.9 Å². The van der Waals surface area contributed by atoms with Crippen LogP contribution in [0.5, 0.6) is 0 Å². The minimum absolute atomic E-state index is 0.0954. The molecule has 0 saturated heterocycles. The predicted octanol–water partition coefficient (Wildman–Crippen LogP) is 2.10. The molecule has 2 unspecified atom stereocenters. The zero-order valence-corrected chi connectivity index (χ0v) is 16.6. The zero-order valence-electron chi connectivity index (χ0n) is 16.6. The Kier molecular flexibility index (Phi) is 4.32. The molecule has 4 aliphatic carbocycles. The molecule has 6 heteroatoms. The number of carbonyl (C=O) groups is 2. The maximum atomic E-state index is 15.1. The first-order valence-corrected chi connectivity index (χ1v) is 10.2. The quantitative estimate of drug-likeness (QED) is 0.669. The number of carbonyl (C=O) groups excluding carboxylic acids is 2. The third kappa shape index (κ3) is 2.22. The summed E-state index contributed by atoms with van der Waals surface area (Å²) in [7, 11) is 0. The summed E-state index contributed by atoms with van der Waals surface area (Å²) in [4.78, 5) is 24.4. The fourth-order valence-corrected chi connectivity index (χ4v) is 7.26. The minimum atomic E-state index is -1.75. The Balaban J connectivity index is 1.86. The third-order valence-corrected chi connectivity index (χ3v) is 8.65. The molecule has 8 atom stereocenters. The largest absolute Gasteiger partial charge is 0.393 e. The van der Waals surface area contributed by atoms with Crippen molar-refractivity contribution in [3.05, 3.63) is 23.6 Å². The molecule has 154 valence electrons. The molecule has 2 saturated carbocycles. The molecule has 3 N–H and O–H groups in total. The second kappa shape index (κ2) is 6.07. The Morgan fingerprint density at radius 1 is 1.36 bits per heavy atom. The van der Waals surface area contributed by atoms with Gasteiger partial charge in [-0.25, -0.2) is 4.39 Å². The smallest absolute Gasteiger partial charge is 0.190 e. The summed E-state index contributed by atoms with van der Waals surface area (Å²) >= 11 is 0. The number of allylic oxidation sites excluding steroid dienone is 4. The third-order valence-electron chi connectivity index (χ3n) is 8.65.